The highest BCUT2D eigenvalue weighted by atomic mass is 14.9. The normalized spacial score (nSPS) is 9.71. The summed E-state index contributed by atoms with van der Waals surface area (Å²) >= 11 is 0. The van der Waals surface area contributed by atoms with Gasteiger partial charge in [-0.3, -0.25) is 0 Å². The molecule has 0 saturated heterocycles. The zero-order valence-electron chi connectivity index (χ0n) is 9.86. The molecule has 3 nitrogen and oxygen atoms in total. The lowest BCUT2D eigenvalue weighted by atomic mass is 10.1. The first-order valence-electron chi connectivity index (χ1n) is 5.39. The predicted molar refractivity (Wildman–Crippen MR) is 68.2 cm³/mol. The quantitative estimate of drug-likeness (QED) is 0.849. The van der Waals surface area contributed by atoms with Gasteiger partial charge in [-0.05, 0) is 49.2 Å². The van der Waals surface area contributed by atoms with E-state index in [0.717, 1.165) is 11.4 Å². The molecule has 2 aromatic rings. The van der Waals surface area contributed by atoms with Crippen LogP contribution in [-0.4, -0.2) is 4.98 Å². The first kappa shape index (κ1) is 11.2. The van der Waals surface area contributed by atoms with Gasteiger partial charge in [0.2, 0.25) is 0 Å². The zero-order chi connectivity index (χ0) is 12.3. The first-order chi connectivity index (χ1) is 8.17. The van der Waals surface area contributed by atoms with E-state index in [-0.39, 0.29) is 0 Å². The lowest BCUT2D eigenvalue weighted by molar-refractivity contribution is 1.26. The highest BCUT2D eigenvalue weighted by Crippen LogP contribution is 2.19. The van der Waals surface area contributed by atoms with Gasteiger partial charge in [0, 0.05) is 17.6 Å². The smallest absolute Gasteiger partial charge is 0.142 e. The second-order valence-corrected chi connectivity index (χ2v) is 4.04. The Morgan fingerprint density at radius 1 is 1.06 bits per heavy atom. The number of nitriles is 1. The summed E-state index contributed by atoms with van der Waals surface area (Å²) < 4.78 is 0. The molecule has 1 N–H and O–H groups in total. The minimum Gasteiger partial charge on any atom is -0.355 e. The highest BCUT2D eigenvalue weighted by Gasteiger charge is 1.99. The standard InChI is InChI=1S/C14H13N3/c1-10-5-11(2)7-13(6-10)17-12-3-4-16-14(8-12)9-15/h3-8H,1-2H3,(H,16,17). The fourth-order valence-corrected chi connectivity index (χ4v) is 1.78. The molecule has 17 heavy (non-hydrogen) atoms. The Kier molecular flexibility index (Phi) is 3.06. The van der Waals surface area contributed by atoms with Crippen molar-refractivity contribution in [3.63, 3.8) is 0 Å². The molecule has 3 heteroatoms. The van der Waals surface area contributed by atoms with Gasteiger partial charge >= 0.3 is 0 Å². The van der Waals surface area contributed by atoms with Crippen LogP contribution in [0.4, 0.5) is 11.4 Å². The molecule has 0 bridgehead atoms. The van der Waals surface area contributed by atoms with Crippen LogP contribution in [0.5, 0.6) is 0 Å². The van der Waals surface area contributed by atoms with Crippen molar-refractivity contribution in [1.29, 1.82) is 5.26 Å². The van der Waals surface area contributed by atoms with Crippen molar-refractivity contribution in [2.75, 3.05) is 5.32 Å². The second kappa shape index (κ2) is 4.67. The number of hydrogen-bond acceptors (Lipinski definition) is 3. The van der Waals surface area contributed by atoms with E-state index in [1.54, 1.807) is 12.3 Å². The molecule has 0 saturated carbocycles. The molecule has 0 atom stereocenters. The van der Waals surface area contributed by atoms with Crippen molar-refractivity contribution in [3.05, 3.63) is 53.3 Å². The van der Waals surface area contributed by atoms with Crippen LogP contribution in [-0.2, 0) is 0 Å². The Morgan fingerprint density at radius 2 is 1.76 bits per heavy atom. The molecule has 1 aromatic carbocycles. The van der Waals surface area contributed by atoms with Gasteiger partial charge in [0.25, 0.3) is 0 Å². The maximum Gasteiger partial charge on any atom is 0.142 e. The maximum atomic E-state index is 8.78. The van der Waals surface area contributed by atoms with Crippen molar-refractivity contribution in [1.82, 2.24) is 4.98 Å². The average Bonchev–Trinajstić information content (AvgIpc) is 2.28. The molecule has 0 amide bonds. The molecule has 0 spiro atoms. The van der Waals surface area contributed by atoms with Crippen LogP contribution < -0.4 is 5.32 Å². The Morgan fingerprint density at radius 3 is 2.41 bits per heavy atom. The molecular weight excluding hydrogens is 210 g/mol. The molecular formula is C14H13N3. The van der Waals surface area contributed by atoms with Gasteiger partial charge in [-0.15, -0.1) is 0 Å². The molecule has 84 valence electrons. The van der Waals surface area contributed by atoms with Gasteiger partial charge in [-0.1, -0.05) is 6.07 Å². The van der Waals surface area contributed by atoms with Crippen molar-refractivity contribution in [3.8, 4) is 6.07 Å². The van der Waals surface area contributed by atoms with E-state index in [2.05, 4.69) is 42.3 Å². The van der Waals surface area contributed by atoms with E-state index in [1.165, 1.54) is 11.1 Å². The van der Waals surface area contributed by atoms with Crippen molar-refractivity contribution in [2.24, 2.45) is 0 Å². The molecule has 2 rings (SSSR count). The number of nitrogens with zero attached hydrogens (tertiary/aromatic N) is 2. The fraction of sp³-hybridized carbons (Fsp3) is 0.143. The van der Waals surface area contributed by atoms with Crippen molar-refractivity contribution < 1.29 is 0 Å². The summed E-state index contributed by atoms with van der Waals surface area (Å²) in [5, 5.41) is 12.0. The molecule has 1 aromatic heterocycles. The summed E-state index contributed by atoms with van der Waals surface area (Å²) in [6.45, 7) is 4.12. The van der Waals surface area contributed by atoms with Crippen LogP contribution in [0, 0.1) is 25.2 Å². The third-order valence-electron chi connectivity index (χ3n) is 2.38. The molecule has 1 heterocycles. The number of aryl methyl sites for hydroxylation is 2. The van der Waals surface area contributed by atoms with E-state index in [1.807, 2.05) is 12.1 Å². The van der Waals surface area contributed by atoms with Crippen molar-refractivity contribution in [2.45, 2.75) is 13.8 Å². The zero-order valence-corrected chi connectivity index (χ0v) is 9.86. The lowest BCUT2D eigenvalue weighted by Crippen LogP contribution is -1.93. The van der Waals surface area contributed by atoms with Crippen LogP contribution in [0.2, 0.25) is 0 Å². The first-order valence-corrected chi connectivity index (χ1v) is 5.39. The molecule has 0 aliphatic carbocycles. The molecule has 0 fully saturated rings. The summed E-state index contributed by atoms with van der Waals surface area (Å²) in [4.78, 5) is 3.93. The third kappa shape index (κ3) is 2.82. The highest BCUT2D eigenvalue weighted by molar-refractivity contribution is 5.61. The van der Waals surface area contributed by atoms with Gasteiger partial charge in [-0.2, -0.15) is 5.26 Å². The van der Waals surface area contributed by atoms with E-state index in [9.17, 15) is 0 Å². The predicted octanol–water partition coefficient (Wildman–Crippen LogP) is 3.31. The van der Waals surface area contributed by atoms with E-state index in [0.29, 0.717) is 5.69 Å². The lowest BCUT2D eigenvalue weighted by Gasteiger charge is -2.08. The largest absolute Gasteiger partial charge is 0.355 e. The summed E-state index contributed by atoms with van der Waals surface area (Å²) in [6.07, 6.45) is 1.63. The van der Waals surface area contributed by atoms with Gasteiger partial charge in [-0.25, -0.2) is 4.98 Å². The maximum absolute atomic E-state index is 8.78. The van der Waals surface area contributed by atoms with Crippen LogP contribution >= 0.6 is 0 Å². The SMILES string of the molecule is Cc1cc(C)cc(Nc2ccnc(C#N)c2)c1. The Hall–Kier alpha value is -2.34. The van der Waals surface area contributed by atoms with E-state index >= 15 is 0 Å². The summed E-state index contributed by atoms with van der Waals surface area (Å²) in [5.41, 5.74) is 4.74. The monoisotopic (exact) mass is 223 g/mol. The van der Waals surface area contributed by atoms with Crippen LogP contribution in [0.3, 0.4) is 0 Å². The van der Waals surface area contributed by atoms with Gasteiger partial charge < -0.3 is 5.32 Å². The Bertz CT molecular complexity index is 562. The number of benzene rings is 1. The van der Waals surface area contributed by atoms with Gasteiger partial charge in [0.1, 0.15) is 11.8 Å². The van der Waals surface area contributed by atoms with E-state index in [4.69, 9.17) is 5.26 Å². The van der Waals surface area contributed by atoms with E-state index < -0.39 is 0 Å². The molecule has 0 unspecified atom stereocenters. The number of anilines is 2. The van der Waals surface area contributed by atoms with Crippen LogP contribution in [0.15, 0.2) is 36.5 Å². The van der Waals surface area contributed by atoms with Crippen LogP contribution in [0.1, 0.15) is 16.8 Å². The van der Waals surface area contributed by atoms with Gasteiger partial charge in [0.15, 0.2) is 0 Å². The average molecular weight is 223 g/mol. The summed E-state index contributed by atoms with van der Waals surface area (Å²) in [5.74, 6) is 0. The number of hydrogen-bond donors (Lipinski definition) is 1. The molecule has 0 aliphatic heterocycles. The molecule has 0 radical (unpaired) electrons. The van der Waals surface area contributed by atoms with Crippen LogP contribution in [0.25, 0.3) is 0 Å². The fourth-order valence-electron chi connectivity index (χ4n) is 1.78. The number of pyridine rings is 1. The number of rotatable bonds is 2. The minimum atomic E-state index is 0.416. The number of nitrogens with one attached hydrogen (secondary N) is 1. The molecule has 0 aliphatic rings. The van der Waals surface area contributed by atoms with Gasteiger partial charge in [0.05, 0.1) is 0 Å². The Labute approximate surface area is 101 Å². The second-order valence-electron chi connectivity index (χ2n) is 4.04. The van der Waals surface area contributed by atoms with Crippen molar-refractivity contribution >= 4 is 11.4 Å². The Balaban J connectivity index is 2.28. The number of aromatic nitrogens is 1. The topological polar surface area (TPSA) is 48.7 Å². The third-order valence-corrected chi connectivity index (χ3v) is 2.38. The summed E-state index contributed by atoms with van der Waals surface area (Å²) in [7, 11) is 0. The summed E-state index contributed by atoms with van der Waals surface area (Å²) in [6, 6.07) is 11.9. The minimum absolute atomic E-state index is 0.416.